The van der Waals surface area contributed by atoms with Gasteiger partial charge in [-0.05, 0) is 70.2 Å². The Labute approximate surface area is 257 Å². The second kappa shape index (κ2) is 13.6. The Balaban J connectivity index is 0.000000535. The summed E-state index contributed by atoms with van der Waals surface area (Å²) >= 11 is 12.2. The van der Waals surface area contributed by atoms with E-state index in [4.69, 9.17) is 37.7 Å². The van der Waals surface area contributed by atoms with Gasteiger partial charge in [0.2, 0.25) is 12.2 Å². The van der Waals surface area contributed by atoms with Crippen molar-refractivity contribution >= 4 is 48.2 Å². The molecule has 3 fully saturated rings. The van der Waals surface area contributed by atoms with Gasteiger partial charge in [-0.3, -0.25) is 4.90 Å². The van der Waals surface area contributed by atoms with E-state index in [9.17, 15) is 18.4 Å². The van der Waals surface area contributed by atoms with Crippen molar-refractivity contribution in [3.05, 3.63) is 33.8 Å². The number of aliphatic imine (C=N–C) groups is 1. The topological polar surface area (TPSA) is 100 Å². The van der Waals surface area contributed by atoms with Crippen LogP contribution in [0.5, 0.6) is 0 Å². The molecule has 1 amide bonds. The largest absolute Gasteiger partial charge is 0.421 e. The molecule has 1 aliphatic heterocycles. The molecule has 1 heterocycles. The molecular formula is C30H44Cl2F2N4O4. The Kier molecular flexibility index (Phi) is 11.6. The summed E-state index contributed by atoms with van der Waals surface area (Å²) in [6.07, 6.45) is 2.34. The highest BCUT2D eigenvalue weighted by Gasteiger charge is 2.72. The number of nitrogens with one attached hydrogen (secondary N) is 2. The van der Waals surface area contributed by atoms with Gasteiger partial charge in [-0.2, -0.15) is 0 Å². The fraction of sp³-hybridized carbons (Fsp3) is 0.667. The van der Waals surface area contributed by atoms with Crippen LogP contribution in [0.3, 0.4) is 0 Å². The molecule has 3 saturated carbocycles. The van der Waals surface area contributed by atoms with Crippen LogP contribution in [0.15, 0.2) is 23.2 Å². The molecule has 2 bridgehead atoms. The first kappa shape index (κ1) is 35.9. The predicted molar refractivity (Wildman–Crippen MR) is 162 cm³/mol. The van der Waals surface area contributed by atoms with Crippen molar-refractivity contribution in [3.63, 3.8) is 0 Å². The molecule has 2 N–H and O–H groups in total. The summed E-state index contributed by atoms with van der Waals surface area (Å²) in [7, 11) is 2.17. The van der Waals surface area contributed by atoms with Gasteiger partial charge >= 0.3 is 6.09 Å². The predicted octanol–water partition coefficient (Wildman–Crippen LogP) is 6.66. The number of hydrogen-bond acceptors (Lipinski definition) is 7. The Morgan fingerprint density at radius 2 is 1.79 bits per heavy atom. The molecule has 0 radical (unpaired) electrons. The fourth-order valence-corrected chi connectivity index (χ4v) is 5.70. The summed E-state index contributed by atoms with van der Waals surface area (Å²) in [5.74, 6) is -1.69. The number of carbonyl (C=O) groups excluding carboxylic acids is 3. The van der Waals surface area contributed by atoms with E-state index >= 15 is 0 Å². The minimum Gasteiger partial charge on any atom is -0.421 e. The van der Waals surface area contributed by atoms with Crippen LogP contribution in [-0.4, -0.2) is 66.7 Å². The van der Waals surface area contributed by atoms with Crippen LogP contribution < -0.4 is 10.6 Å². The van der Waals surface area contributed by atoms with Crippen LogP contribution in [0.25, 0.3) is 0 Å². The third-order valence-electron chi connectivity index (χ3n) is 7.71. The molecule has 12 heteroatoms. The number of rotatable bonds is 9. The zero-order valence-corrected chi connectivity index (χ0v) is 27.1. The molecule has 0 aromatic heterocycles. The van der Waals surface area contributed by atoms with Gasteiger partial charge in [-0.25, -0.2) is 18.6 Å². The summed E-state index contributed by atoms with van der Waals surface area (Å²) in [4.78, 5) is 37.0. The van der Waals surface area contributed by atoms with E-state index in [0.717, 1.165) is 44.1 Å². The number of ether oxygens (including phenoxy) is 1. The van der Waals surface area contributed by atoms with E-state index in [1.165, 1.54) is 0 Å². The van der Waals surface area contributed by atoms with Crippen LogP contribution in [0.1, 0.15) is 79.2 Å². The number of carbonyl (C=O) groups is 3. The highest BCUT2D eigenvalue weighted by atomic mass is 35.5. The Morgan fingerprint density at radius 3 is 2.26 bits per heavy atom. The van der Waals surface area contributed by atoms with E-state index < -0.39 is 23.8 Å². The van der Waals surface area contributed by atoms with Crippen molar-refractivity contribution < 1.29 is 27.9 Å². The number of amides is 1. The van der Waals surface area contributed by atoms with Gasteiger partial charge in [0.05, 0.1) is 15.6 Å². The summed E-state index contributed by atoms with van der Waals surface area (Å²) in [5, 5.41) is 7.58. The minimum absolute atomic E-state index is 0.000413. The second-order valence-electron chi connectivity index (χ2n) is 13.4. The fourth-order valence-electron chi connectivity index (χ4n) is 5.38. The van der Waals surface area contributed by atoms with Crippen LogP contribution >= 0.6 is 23.2 Å². The van der Waals surface area contributed by atoms with Crippen LogP contribution in [0, 0.1) is 10.8 Å². The average molecular weight is 634 g/mol. The zero-order valence-electron chi connectivity index (χ0n) is 25.6. The average Bonchev–Trinajstić information content (AvgIpc) is 3.11. The number of nitrogens with zero attached hydrogens (tertiary/aromatic N) is 2. The monoisotopic (exact) mass is 632 g/mol. The molecule has 0 spiro atoms. The van der Waals surface area contributed by atoms with Crippen molar-refractivity contribution in [1.82, 2.24) is 15.5 Å². The third-order valence-corrected chi connectivity index (χ3v) is 8.44. The number of alkyl halides is 2. The third kappa shape index (κ3) is 9.10. The van der Waals surface area contributed by atoms with Crippen molar-refractivity contribution in [2.75, 3.05) is 13.6 Å². The second-order valence-corrected chi connectivity index (χ2v) is 14.2. The van der Waals surface area contributed by atoms with Gasteiger partial charge in [-0.1, -0.05) is 50.0 Å². The first-order chi connectivity index (χ1) is 19.3. The zero-order chi connectivity index (χ0) is 32.1. The standard InChI is InChI=1S/C24H34Cl2N4O2.C5H8F2O.CH2O/c1-21(2,3)14-27-20(31)32-19-22(4,5)29-18(28-19)23-11-24(12-23,13-23)30(6)10-15-7-8-16(25)17(26)9-15;1-5(6,7)3-2-4-8;1-2/h7-9,19H,10-14H2,1-6H3,(H,27,31)(H,28,29);4H,2-3H2,1H3;1H2/t19-,23?,24?;;/m0../s1. The summed E-state index contributed by atoms with van der Waals surface area (Å²) in [6, 6.07) is 5.83. The molecule has 1 aromatic rings. The van der Waals surface area contributed by atoms with E-state index in [0.29, 0.717) is 22.9 Å². The van der Waals surface area contributed by atoms with Crippen molar-refractivity contribution in [1.29, 1.82) is 0 Å². The smallest absolute Gasteiger partial charge is 0.409 e. The van der Waals surface area contributed by atoms with Gasteiger partial charge in [0.1, 0.15) is 18.9 Å². The van der Waals surface area contributed by atoms with Crippen LogP contribution in [-0.2, 0) is 20.9 Å². The maximum Gasteiger partial charge on any atom is 0.409 e. The SMILES string of the molecule is C=O.CC(F)(F)CCC=O.CN(Cc1ccc(Cl)c(Cl)c1)C12CC(C3=N[C@@H](OC(=O)NCC(C)(C)C)C(C)(C)N3)(C1)C2. The summed E-state index contributed by atoms with van der Waals surface area (Å²) in [5.41, 5.74) is 1.00. The Morgan fingerprint density at radius 1 is 1.19 bits per heavy atom. The van der Waals surface area contributed by atoms with Crippen molar-refractivity contribution in [2.45, 2.75) is 103 Å². The Bertz CT molecular complexity index is 1130. The maximum atomic E-state index is 12.3. The molecule has 1 atom stereocenters. The molecule has 0 saturated heterocycles. The number of hydrogen-bond donors (Lipinski definition) is 2. The maximum absolute atomic E-state index is 12.3. The molecule has 0 unspecified atom stereocenters. The number of alkyl carbamates (subject to hydrolysis) is 1. The van der Waals surface area contributed by atoms with E-state index in [2.05, 4.69) is 43.4 Å². The number of benzene rings is 1. The van der Waals surface area contributed by atoms with Gasteiger partial charge in [0.15, 0.2) is 0 Å². The van der Waals surface area contributed by atoms with Crippen molar-refractivity contribution in [3.8, 4) is 0 Å². The van der Waals surface area contributed by atoms with Gasteiger partial charge < -0.3 is 25.0 Å². The van der Waals surface area contributed by atoms with Gasteiger partial charge in [0.25, 0.3) is 0 Å². The molecule has 8 nitrogen and oxygen atoms in total. The number of aldehydes is 1. The minimum atomic E-state index is -2.68. The summed E-state index contributed by atoms with van der Waals surface area (Å²) < 4.78 is 29.2. The van der Waals surface area contributed by atoms with Gasteiger partial charge in [0, 0.05) is 36.9 Å². The van der Waals surface area contributed by atoms with Crippen LogP contribution in [0.4, 0.5) is 13.6 Å². The molecule has 3 aliphatic carbocycles. The molecule has 5 rings (SSSR count). The quantitative estimate of drug-likeness (QED) is 0.295. The van der Waals surface area contributed by atoms with Gasteiger partial charge in [-0.15, -0.1) is 0 Å². The molecule has 1 aromatic carbocycles. The molecule has 42 heavy (non-hydrogen) atoms. The summed E-state index contributed by atoms with van der Waals surface area (Å²) in [6.45, 7) is 14.5. The normalized spacial score (nSPS) is 25.2. The number of amidine groups is 1. The van der Waals surface area contributed by atoms with E-state index in [-0.39, 0.29) is 29.2 Å². The van der Waals surface area contributed by atoms with Crippen LogP contribution in [0.2, 0.25) is 10.0 Å². The molecule has 4 aliphatic rings. The first-order valence-electron chi connectivity index (χ1n) is 13.9. The highest BCUT2D eigenvalue weighted by Crippen LogP contribution is 2.70. The van der Waals surface area contributed by atoms with E-state index in [1.807, 2.05) is 38.8 Å². The van der Waals surface area contributed by atoms with Crippen molar-refractivity contribution in [2.24, 2.45) is 15.8 Å². The lowest BCUT2D eigenvalue weighted by Gasteiger charge is -2.73. The van der Waals surface area contributed by atoms with E-state index in [1.54, 1.807) is 0 Å². The number of halogens is 4. The molecule has 236 valence electrons. The highest BCUT2D eigenvalue weighted by molar-refractivity contribution is 6.42. The molecular weight excluding hydrogens is 589 g/mol. The lowest BCUT2D eigenvalue weighted by molar-refractivity contribution is -0.175. The first-order valence-corrected chi connectivity index (χ1v) is 14.6. The lowest BCUT2D eigenvalue weighted by Crippen LogP contribution is -2.77. The Hall–Kier alpha value is -2.30. The lowest BCUT2D eigenvalue weighted by atomic mass is 9.38.